The number of aromatic nitrogens is 3. The van der Waals surface area contributed by atoms with E-state index >= 15 is 0 Å². The Morgan fingerprint density at radius 3 is 2.62 bits per heavy atom. The summed E-state index contributed by atoms with van der Waals surface area (Å²) >= 11 is 7.34. The first-order valence-corrected chi connectivity index (χ1v) is 10.7. The number of carbonyl (C=O) groups excluding carboxylic acids is 1. The van der Waals surface area contributed by atoms with Crippen molar-refractivity contribution in [3.05, 3.63) is 77.8 Å². The van der Waals surface area contributed by atoms with Crippen molar-refractivity contribution in [1.29, 1.82) is 0 Å². The molecule has 0 aliphatic heterocycles. The Labute approximate surface area is 180 Å². The lowest BCUT2D eigenvalue weighted by Gasteiger charge is -2.13. The number of thioether (sulfide) groups is 1. The molecule has 1 heterocycles. The van der Waals surface area contributed by atoms with Gasteiger partial charge >= 0.3 is 0 Å². The van der Waals surface area contributed by atoms with Crippen LogP contribution in [0.2, 0.25) is 5.02 Å². The molecule has 2 aromatic carbocycles. The third-order valence-corrected chi connectivity index (χ3v) is 5.66. The van der Waals surface area contributed by atoms with Gasteiger partial charge in [-0.25, -0.2) is 0 Å². The van der Waals surface area contributed by atoms with Gasteiger partial charge in [-0.05, 0) is 35.7 Å². The first kappa shape index (κ1) is 21.1. The third kappa shape index (κ3) is 5.71. The van der Waals surface area contributed by atoms with Gasteiger partial charge in [-0.3, -0.25) is 9.36 Å². The number of nitrogens with zero attached hydrogens (tertiary/aromatic N) is 3. The molecule has 0 saturated heterocycles. The van der Waals surface area contributed by atoms with Gasteiger partial charge in [-0.2, -0.15) is 0 Å². The molecule has 29 heavy (non-hydrogen) atoms. The molecule has 0 aliphatic carbocycles. The van der Waals surface area contributed by atoms with Gasteiger partial charge in [0.15, 0.2) is 11.0 Å². The van der Waals surface area contributed by atoms with Crippen LogP contribution in [0.4, 0.5) is 0 Å². The zero-order valence-corrected chi connectivity index (χ0v) is 17.8. The molecule has 1 N–H and O–H groups in total. The molecule has 0 fully saturated rings. The van der Waals surface area contributed by atoms with Crippen LogP contribution >= 0.6 is 23.4 Å². The average Bonchev–Trinajstić information content (AvgIpc) is 3.14. The van der Waals surface area contributed by atoms with Crippen molar-refractivity contribution in [3.63, 3.8) is 0 Å². The van der Waals surface area contributed by atoms with Crippen LogP contribution in [0.5, 0.6) is 0 Å². The van der Waals surface area contributed by atoms with Crippen LogP contribution in [0.3, 0.4) is 0 Å². The number of amides is 1. The molecule has 1 amide bonds. The number of halogens is 1. The van der Waals surface area contributed by atoms with Crippen molar-refractivity contribution in [1.82, 2.24) is 20.1 Å². The summed E-state index contributed by atoms with van der Waals surface area (Å²) in [7, 11) is 0. The fourth-order valence-corrected chi connectivity index (χ4v) is 3.75. The summed E-state index contributed by atoms with van der Waals surface area (Å²) in [5.41, 5.74) is 2.12. The van der Waals surface area contributed by atoms with Crippen LogP contribution in [-0.2, 0) is 11.3 Å². The van der Waals surface area contributed by atoms with E-state index in [1.165, 1.54) is 17.3 Å². The molecule has 5 nitrogen and oxygen atoms in total. The van der Waals surface area contributed by atoms with Crippen LogP contribution in [0, 0.1) is 0 Å². The van der Waals surface area contributed by atoms with E-state index in [9.17, 15) is 4.79 Å². The Hall–Kier alpha value is -2.57. The van der Waals surface area contributed by atoms with E-state index in [1.807, 2.05) is 47.0 Å². The molecule has 3 aromatic rings. The molecule has 7 heteroatoms. The highest BCUT2D eigenvalue weighted by Gasteiger charge is 2.15. The van der Waals surface area contributed by atoms with Crippen LogP contribution in [0.25, 0.3) is 11.4 Å². The number of hydrogen-bond donors (Lipinski definition) is 1. The smallest absolute Gasteiger partial charge is 0.230 e. The summed E-state index contributed by atoms with van der Waals surface area (Å²) in [6.45, 7) is 7.06. The van der Waals surface area contributed by atoms with Crippen LogP contribution in [0.1, 0.15) is 18.4 Å². The van der Waals surface area contributed by atoms with Gasteiger partial charge in [-0.1, -0.05) is 66.7 Å². The summed E-state index contributed by atoms with van der Waals surface area (Å²) in [6, 6.07) is 17.6. The minimum atomic E-state index is -0.0287. The minimum absolute atomic E-state index is 0.0287. The van der Waals surface area contributed by atoms with Gasteiger partial charge in [0.2, 0.25) is 5.91 Å². The second-order valence-electron chi connectivity index (χ2n) is 6.62. The summed E-state index contributed by atoms with van der Waals surface area (Å²) in [5.74, 6) is 1.23. The van der Waals surface area contributed by atoms with Crippen molar-refractivity contribution < 1.29 is 4.79 Å². The summed E-state index contributed by atoms with van der Waals surface area (Å²) in [4.78, 5) is 12.3. The van der Waals surface area contributed by atoms with Crippen LogP contribution in [-0.4, -0.2) is 33.0 Å². The van der Waals surface area contributed by atoms with Gasteiger partial charge in [-0.15, -0.1) is 16.8 Å². The van der Waals surface area contributed by atoms with Gasteiger partial charge in [0.05, 0.1) is 5.75 Å². The summed E-state index contributed by atoms with van der Waals surface area (Å²) < 4.78 is 1.95. The third-order valence-electron chi connectivity index (χ3n) is 4.44. The zero-order valence-electron chi connectivity index (χ0n) is 16.2. The maximum Gasteiger partial charge on any atom is 0.230 e. The average molecular weight is 427 g/mol. The standard InChI is InChI=1S/C22H23ClN4OS/c1-3-13-27-21(18-9-11-19(23)12-10-18)25-26-22(27)29-15-20(28)24-14-16(2)17-7-5-4-6-8-17/h3-12,16H,1,13-15H2,2H3,(H,24,28). The van der Waals surface area contributed by atoms with E-state index < -0.39 is 0 Å². The van der Waals surface area contributed by atoms with E-state index in [2.05, 4.69) is 41.1 Å². The fourth-order valence-electron chi connectivity index (χ4n) is 2.85. The lowest BCUT2D eigenvalue weighted by molar-refractivity contribution is -0.118. The highest BCUT2D eigenvalue weighted by molar-refractivity contribution is 7.99. The minimum Gasteiger partial charge on any atom is -0.355 e. The van der Waals surface area contributed by atoms with E-state index in [4.69, 9.17) is 11.6 Å². The van der Waals surface area contributed by atoms with Crippen molar-refractivity contribution in [2.45, 2.75) is 24.5 Å². The molecular weight excluding hydrogens is 404 g/mol. The topological polar surface area (TPSA) is 59.8 Å². The molecule has 0 radical (unpaired) electrons. The van der Waals surface area contributed by atoms with Crippen molar-refractivity contribution in [2.75, 3.05) is 12.3 Å². The quantitative estimate of drug-likeness (QED) is 0.394. The largest absolute Gasteiger partial charge is 0.355 e. The fraction of sp³-hybridized carbons (Fsp3) is 0.227. The SMILES string of the molecule is C=CCn1c(SCC(=O)NCC(C)c2ccccc2)nnc1-c1ccc(Cl)cc1. The maximum absolute atomic E-state index is 12.3. The molecular formula is C22H23ClN4OS. The number of benzene rings is 2. The van der Waals surface area contributed by atoms with Gasteiger partial charge in [0.1, 0.15) is 0 Å². The second-order valence-corrected chi connectivity index (χ2v) is 8.00. The number of nitrogens with one attached hydrogen (secondary N) is 1. The van der Waals surface area contributed by atoms with Gasteiger partial charge in [0.25, 0.3) is 0 Å². The zero-order chi connectivity index (χ0) is 20.6. The lowest BCUT2D eigenvalue weighted by Crippen LogP contribution is -2.29. The van der Waals surface area contributed by atoms with Crippen LogP contribution in [0.15, 0.2) is 72.4 Å². The Morgan fingerprint density at radius 1 is 1.21 bits per heavy atom. The molecule has 1 aromatic heterocycles. The molecule has 0 saturated carbocycles. The van der Waals surface area contributed by atoms with Crippen molar-refractivity contribution >= 4 is 29.3 Å². The van der Waals surface area contributed by atoms with E-state index in [0.29, 0.717) is 23.3 Å². The van der Waals surface area contributed by atoms with E-state index in [0.717, 1.165) is 11.4 Å². The Balaban J connectivity index is 1.60. The monoisotopic (exact) mass is 426 g/mol. The molecule has 3 rings (SSSR count). The summed E-state index contributed by atoms with van der Waals surface area (Å²) in [5, 5.41) is 12.9. The van der Waals surface area contributed by atoms with E-state index in [1.54, 1.807) is 6.08 Å². The number of hydrogen-bond acceptors (Lipinski definition) is 4. The Bertz CT molecular complexity index is 957. The molecule has 0 bridgehead atoms. The predicted octanol–water partition coefficient (Wildman–Crippen LogP) is 4.80. The first-order valence-electron chi connectivity index (χ1n) is 9.33. The van der Waals surface area contributed by atoms with Crippen molar-refractivity contribution in [2.24, 2.45) is 0 Å². The molecule has 0 spiro atoms. The van der Waals surface area contributed by atoms with Crippen LogP contribution < -0.4 is 5.32 Å². The summed E-state index contributed by atoms with van der Waals surface area (Å²) in [6.07, 6.45) is 1.79. The number of rotatable bonds is 9. The normalized spacial score (nSPS) is 11.8. The van der Waals surface area contributed by atoms with E-state index in [-0.39, 0.29) is 17.6 Å². The first-order chi connectivity index (χ1) is 14.1. The highest BCUT2D eigenvalue weighted by atomic mass is 35.5. The number of carbonyl (C=O) groups is 1. The second kappa shape index (κ2) is 10.3. The Kier molecular flexibility index (Phi) is 7.49. The molecule has 0 aliphatic rings. The molecule has 1 unspecified atom stereocenters. The van der Waals surface area contributed by atoms with Gasteiger partial charge < -0.3 is 5.32 Å². The highest BCUT2D eigenvalue weighted by Crippen LogP contribution is 2.25. The number of allylic oxidation sites excluding steroid dienone is 1. The van der Waals surface area contributed by atoms with Gasteiger partial charge in [0, 0.05) is 23.7 Å². The maximum atomic E-state index is 12.3. The Morgan fingerprint density at radius 2 is 1.93 bits per heavy atom. The predicted molar refractivity (Wildman–Crippen MR) is 119 cm³/mol. The lowest BCUT2D eigenvalue weighted by atomic mass is 10.0. The molecule has 150 valence electrons. The molecule has 1 atom stereocenters. The van der Waals surface area contributed by atoms with Crippen molar-refractivity contribution in [3.8, 4) is 11.4 Å².